The quantitative estimate of drug-likeness (QED) is 0.422. The Balaban J connectivity index is 2.42. The van der Waals surface area contributed by atoms with E-state index in [0.717, 1.165) is 22.0 Å². The van der Waals surface area contributed by atoms with Crippen molar-refractivity contribution >= 4 is 29.6 Å². The lowest BCUT2D eigenvalue weighted by Gasteiger charge is -1.97. The third kappa shape index (κ3) is 3.28. The second-order valence-electron chi connectivity index (χ2n) is 2.26. The van der Waals surface area contributed by atoms with Gasteiger partial charge >= 0.3 is 0 Å². The van der Waals surface area contributed by atoms with Crippen LogP contribution < -0.4 is 0 Å². The summed E-state index contributed by atoms with van der Waals surface area (Å²) >= 11 is 7.37. The van der Waals surface area contributed by atoms with Gasteiger partial charge in [0, 0.05) is 22.1 Å². The molecular weight excluding hydrogens is 192 g/mol. The molecule has 0 aliphatic carbocycles. The van der Waals surface area contributed by atoms with Crippen molar-refractivity contribution in [2.24, 2.45) is 0 Å². The summed E-state index contributed by atoms with van der Waals surface area (Å²) in [5.41, 5.74) is 0. The van der Waals surface area contributed by atoms with Crippen LogP contribution in [-0.4, -0.2) is 12.0 Å². The molecule has 0 atom stereocenters. The predicted molar refractivity (Wildman–Crippen MR) is 52.9 cm³/mol. The van der Waals surface area contributed by atoms with Gasteiger partial charge < -0.3 is 4.79 Å². The topological polar surface area (TPSA) is 17.1 Å². The number of carbonyl (C=O) groups excluding carboxylic acids is 1. The van der Waals surface area contributed by atoms with Crippen LogP contribution in [0.1, 0.15) is 6.42 Å². The summed E-state index contributed by atoms with van der Waals surface area (Å²) in [4.78, 5) is 11.2. The standard InChI is InChI=1S/C9H9ClOS/c10-8-2-4-9(5-3-8)12-7-1-6-11/h2-6H,1,7H2. The molecule has 0 fully saturated rings. The first-order valence-electron chi connectivity index (χ1n) is 3.65. The second-order valence-corrected chi connectivity index (χ2v) is 3.86. The summed E-state index contributed by atoms with van der Waals surface area (Å²) in [7, 11) is 0. The maximum atomic E-state index is 10.0. The second kappa shape index (κ2) is 5.22. The van der Waals surface area contributed by atoms with Gasteiger partial charge in [-0.05, 0) is 24.3 Å². The summed E-state index contributed by atoms with van der Waals surface area (Å²) in [6, 6.07) is 7.62. The third-order valence-electron chi connectivity index (χ3n) is 1.32. The number of hydrogen-bond acceptors (Lipinski definition) is 2. The maximum Gasteiger partial charge on any atom is 0.120 e. The Morgan fingerprint density at radius 3 is 2.58 bits per heavy atom. The van der Waals surface area contributed by atoms with Crippen LogP contribution in [0.3, 0.4) is 0 Å². The molecule has 1 aromatic rings. The monoisotopic (exact) mass is 200 g/mol. The van der Waals surface area contributed by atoms with Crippen molar-refractivity contribution in [1.29, 1.82) is 0 Å². The fraction of sp³-hybridized carbons (Fsp3) is 0.222. The lowest BCUT2D eigenvalue weighted by Crippen LogP contribution is -1.79. The van der Waals surface area contributed by atoms with Crippen molar-refractivity contribution in [3.8, 4) is 0 Å². The normalized spacial score (nSPS) is 9.75. The Morgan fingerprint density at radius 1 is 1.33 bits per heavy atom. The van der Waals surface area contributed by atoms with Gasteiger partial charge in [-0.3, -0.25) is 0 Å². The average molecular weight is 201 g/mol. The molecule has 0 bridgehead atoms. The molecule has 1 rings (SSSR count). The molecule has 1 aromatic carbocycles. The minimum atomic E-state index is 0.604. The number of benzene rings is 1. The van der Waals surface area contributed by atoms with E-state index >= 15 is 0 Å². The summed E-state index contributed by atoms with van der Waals surface area (Å²) in [6.45, 7) is 0. The van der Waals surface area contributed by atoms with Gasteiger partial charge in [-0.2, -0.15) is 0 Å². The van der Waals surface area contributed by atoms with Crippen molar-refractivity contribution in [3.05, 3.63) is 29.3 Å². The van der Waals surface area contributed by atoms with E-state index in [1.807, 2.05) is 24.3 Å². The maximum absolute atomic E-state index is 10.0. The Morgan fingerprint density at radius 2 is 2.00 bits per heavy atom. The first kappa shape index (κ1) is 9.62. The summed E-state index contributed by atoms with van der Waals surface area (Å²) in [6.07, 6.45) is 1.54. The van der Waals surface area contributed by atoms with Crippen molar-refractivity contribution < 1.29 is 4.79 Å². The molecule has 0 aliphatic rings. The van der Waals surface area contributed by atoms with Crippen molar-refractivity contribution in [2.75, 3.05) is 5.75 Å². The molecule has 0 unspecified atom stereocenters. The Kier molecular flexibility index (Phi) is 4.19. The Bertz CT molecular complexity index is 245. The van der Waals surface area contributed by atoms with E-state index in [1.54, 1.807) is 11.8 Å². The van der Waals surface area contributed by atoms with E-state index in [4.69, 9.17) is 11.6 Å². The Labute approximate surface area is 81.1 Å². The highest BCUT2D eigenvalue weighted by atomic mass is 35.5. The average Bonchev–Trinajstić information content (AvgIpc) is 2.09. The SMILES string of the molecule is O=CCCSc1ccc(Cl)cc1. The van der Waals surface area contributed by atoms with Gasteiger partial charge in [0.15, 0.2) is 0 Å². The van der Waals surface area contributed by atoms with Crippen LogP contribution in [-0.2, 0) is 4.79 Å². The van der Waals surface area contributed by atoms with Crippen LogP contribution in [0.15, 0.2) is 29.2 Å². The first-order chi connectivity index (χ1) is 5.83. The minimum absolute atomic E-state index is 0.604. The molecule has 64 valence electrons. The molecular formula is C9H9ClOS. The van der Waals surface area contributed by atoms with E-state index in [1.165, 1.54) is 0 Å². The molecule has 3 heteroatoms. The van der Waals surface area contributed by atoms with E-state index < -0.39 is 0 Å². The minimum Gasteiger partial charge on any atom is -0.303 e. The highest BCUT2D eigenvalue weighted by Crippen LogP contribution is 2.20. The van der Waals surface area contributed by atoms with Gasteiger partial charge in [-0.1, -0.05) is 11.6 Å². The molecule has 0 N–H and O–H groups in total. The van der Waals surface area contributed by atoms with Crippen molar-refractivity contribution in [1.82, 2.24) is 0 Å². The van der Waals surface area contributed by atoms with Crippen LogP contribution in [0, 0.1) is 0 Å². The van der Waals surface area contributed by atoms with Crippen molar-refractivity contribution in [2.45, 2.75) is 11.3 Å². The fourth-order valence-corrected chi connectivity index (χ4v) is 1.66. The molecule has 0 amide bonds. The lowest BCUT2D eigenvalue weighted by atomic mass is 10.4. The number of carbonyl (C=O) groups is 1. The highest BCUT2D eigenvalue weighted by Gasteiger charge is 1.92. The zero-order valence-corrected chi connectivity index (χ0v) is 8.07. The van der Waals surface area contributed by atoms with E-state index in [2.05, 4.69) is 0 Å². The molecule has 0 saturated heterocycles. The molecule has 12 heavy (non-hydrogen) atoms. The van der Waals surface area contributed by atoms with Gasteiger partial charge in [0.1, 0.15) is 6.29 Å². The van der Waals surface area contributed by atoms with Crippen LogP contribution in [0.5, 0.6) is 0 Å². The fourth-order valence-electron chi connectivity index (χ4n) is 0.756. The summed E-state index contributed by atoms with van der Waals surface area (Å²) in [5.74, 6) is 0.838. The molecule has 0 aliphatic heterocycles. The third-order valence-corrected chi connectivity index (χ3v) is 2.62. The number of aldehydes is 1. The van der Waals surface area contributed by atoms with E-state index in [0.29, 0.717) is 6.42 Å². The van der Waals surface area contributed by atoms with Gasteiger partial charge in [0.05, 0.1) is 0 Å². The van der Waals surface area contributed by atoms with E-state index in [9.17, 15) is 4.79 Å². The van der Waals surface area contributed by atoms with Gasteiger partial charge in [-0.15, -0.1) is 11.8 Å². The number of thioether (sulfide) groups is 1. The van der Waals surface area contributed by atoms with Crippen molar-refractivity contribution in [3.63, 3.8) is 0 Å². The van der Waals surface area contributed by atoms with Crippen LogP contribution in [0.25, 0.3) is 0 Å². The number of hydrogen-bond donors (Lipinski definition) is 0. The smallest absolute Gasteiger partial charge is 0.120 e. The van der Waals surface area contributed by atoms with Gasteiger partial charge in [0.2, 0.25) is 0 Å². The molecule has 0 saturated carbocycles. The molecule has 1 nitrogen and oxygen atoms in total. The number of rotatable bonds is 4. The summed E-state index contributed by atoms with van der Waals surface area (Å²) < 4.78 is 0. The summed E-state index contributed by atoms with van der Waals surface area (Å²) in [5, 5.41) is 0.745. The van der Waals surface area contributed by atoms with Crippen LogP contribution in [0.4, 0.5) is 0 Å². The molecule has 0 heterocycles. The zero-order chi connectivity index (χ0) is 8.81. The molecule has 0 aromatic heterocycles. The molecule has 0 radical (unpaired) electrons. The van der Waals surface area contributed by atoms with Gasteiger partial charge in [-0.25, -0.2) is 0 Å². The lowest BCUT2D eigenvalue weighted by molar-refractivity contribution is -0.107. The van der Waals surface area contributed by atoms with Crippen LogP contribution in [0.2, 0.25) is 5.02 Å². The number of halogens is 1. The predicted octanol–water partition coefficient (Wildman–Crippen LogP) is 3.02. The molecule has 0 spiro atoms. The van der Waals surface area contributed by atoms with E-state index in [-0.39, 0.29) is 0 Å². The zero-order valence-electron chi connectivity index (χ0n) is 6.50. The van der Waals surface area contributed by atoms with Crippen LogP contribution >= 0.6 is 23.4 Å². The largest absolute Gasteiger partial charge is 0.303 e. The van der Waals surface area contributed by atoms with Gasteiger partial charge in [0.25, 0.3) is 0 Å². The Hall–Kier alpha value is -0.470. The highest BCUT2D eigenvalue weighted by molar-refractivity contribution is 7.99. The first-order valence-corrected chi connectivity index (χ1v) is 5.01.